The molecule has 1 atom stereocenters. The van der Waals surface area contributed by atoms with Crippen molar-refractivity contribution in [1.82, 2.24) is 4.90 Å². The van der Waals surface area contributed by atoms with Crippen LogP contribution >= 0.6 is 12.6 Å². The summed E-state index contributed by atoms with van der Waals surface area (Å²) < 4.78 is 0. The molecule has 0 heterocycles. The molecular formula is C9H17NOS. The van der Waals surface area contributed by atoms with Crippen LogP contribution in [0.25, 0.3) is 0 Å². The van der Waals surface area contributed by atoms with Gasteiger partial charge in [-0.2, -0.15) is 12.6 Å². The van der Waals surface area contributed by atoms with Crippen LogP contribution in [0, 0.1) is 5.92 Å². The van der Waals surface area contributed by atoms with Gasteiger partial charge in [-0.15, -0.1) is 6.58 Å². The summed E-state index contributed by atoms with van der Waals surface area (Å²) in [6, 6.07) is 0. The van der Waals surface area contributed by atoms with Gasteiger partial charge >= 0.3 is 0 Å². The predicted octanol–water partition coefficient (Wildman–Crippen LogP) is 1.59. The summed E-state index contributed by atoms with van der Waals surface area (Å²) >= 11 is 4.23. The van der Waals surface area contributed by atoms with Crippen LogP contribution in [0.1, 0.15) is 13.8 Å². The van der Waals surface area contributed by atoms with Crippen LogP contribution in [-0.4, -0.2) is 29.6 Å². The molecule has 0 aliphatic heterocycles. The van der Waals surface area contributed by atoms with E-state index in [1.807, 2.05) is 13.8 Å². The van der Waals surface area contributed by atoms with Crippen LogP contribution in [0.3, 0.4) is 0 Å². The van der Waals surface area contributed by atoms with Crippen molar-refractivity contribution >= 4 is 18.5 Å². The van der Waals surface area contributed by atoms with E-state index in [1.54, 1.807) is 18.0 Å². The lowest BCUT2D eigenvalue weighted by molar-refractivity contribution is -0.129. The number of amides is 1. The Bertz CT molecular complexity index is 168. The maximum absolute atomic E-state index is 11.5. The van der Waals surface area contributed by atoms with E-state index in [0.29, 0.717) is 6.54 Å². The second kappa shape index (κ2) is 5.25. The monoisotopic (exact) mass is 187 g/mol. The molecule has 3 heteroatoms. The van der Waals surface area contributed by atoms with Crippen molar-refractivity contribution in [2.75, 3.05) is 13.6 Å². The highest BCUT2D eigenvalue weighted by Crippen LogP contribution is 2.11. The molecule has 0 aliphatic carbocycles. The molecule has 0 rings (SSSR count). The second-order valence-corrected chi connectivity index (χ2v) is 3.75. The van der Waals surface area contributed by atoms with Gasteiger partial charge in [-0.25, -0.2) is 0 Å². The van der Waals surface area contributed by atoms with Crippen LogP contribution in [0.2, 0.25) is 0 Å². The molecule has 2 nitrogen and oxygen atoms in total. The molecular weight excluding hydrogens is 170 g/mol. The average molecular weight is 187 g/mol. The minimum atomic E-state index is -0.199. The lowest BCUT2D eigenvalue weighted by Gasteiger charge is -2.21. The third kappa shape index (κ3) is 3.30. The van der Waals surface area contributed by atoms with Crippen LogP contribution in [0.5, 0.6) is 0 Å². The van der Waals surface area contributed by atoms with Crippen LogP contribution in [0.15, 0.2) is 12.7 Å². The maximum Gasteiger partial charge on any atom is 0.235 e. The van der Waals surface area contributed by atoms with Gasteiger partial charge in [0.15, 0.2) is 0 Å². The van der Waals surface area contributed by atoms with Crippen molar-refractivity contribution < 1.29 is 4.79 Å². The molecule has 0 N–H and O–H groups in total. The summed E-state index contributed by atoms with van der Waals surface area (Å²) in [6.07, 6.45) is 1.71. The first-order valence-corrected chi connectivity index (χ1v) is 4.56. The third-order valence-corrected chi connectivity index (χ3v) is 2.48. The summed E-state index contributed by atoms with van der Waals surface area (Å²) in [6.45, 7) is 8.12. The van der Waals surface area contributed by atoms with Crippen LogP contribution < -0.4 is 0 Å². The van der Waals surface area contributed by atoms with Crippen LogP contribution in [0.4, 0.5) is 0 Å². The van der Waals surface area contributed by atoms with Crippen molar-refractivity contribution in [2.45, 2.75) is 19.1 Å². The molecule has 0 aromatic rings. The van der Waals surface area contributed by atoms with Crippen molar-refractivity contribution in [3.8, 4) is 0 Å². The largest absolute Gasteiger partial charge is 0.341 e. The standard InChI is InChI=1S/C9H17NOS/c1-5-6-10(4)9(11)8(12)7(2)3/h5,7-8,12H,1,6H2,2-4H3. The Kier molecular flexibility index (Phi) is 5.06. The molecule has 12 heavy (non-hydrogen) atoms. The molecule has 1 unspecified atom stereocenters. The molecule has 0 radical (unpaired) electrons. The van der Waals surface area contributed by atoms with Gasteiger partial charge in [0.2, 0.25) is 5.91 Å². The van der Waals surface area contributed by atoms with Gasteiger partial charge in [0.25, 0.3) is 0 Å². The smallest absolute Gasteiger partial charge is 0.235 e. The van der Waals surface area contributed by atoms with Gasteiger partial charge in [0.05, 0.1) is 5.25 Å². The van der Waals surface area contributed by atoms with Gasteiger partial charge in [-0.3, -0.25) is 4.79 Å². The number of rotatable bonds is 4. The molecule has 0 aliphatic rings. The van der Waals surface area contributed by atoms with Gasteiger partial charge in [0, 0.05) is 13.6 Å². The SMILES string of the molecule is C=CCN(C)C(=O)C(S)C(C)C. The molecule has 0 aromatic carbocycles. The van der Waals surface area contributed by atoms with E-state index in [0.717, 1.165) is 0 Å². The minimum absolute atomic E-state index is 0.0632. The molecule has 0 spiro atoms. The third-order valence-electron chi connectivity index (χ3n) is 1.66. The molecule has 70 valence electrons. The highest BCUT2D eigenvalue weighted by molar-refractivity contribution is 7.81. The van der Waals surface area contributed by atoms with E-state index in [1.165, 1.54) is 0 Å². The fraction of sp³-hybridized carbons (Fsp3) is 0.667. The van der Waals surface area contributed by atoms with Crippen molar-refractivity contribution in [3.05, 3.63) is 12.7 Å². The summed E-state index contributed by atoms with van der Waals surface area (Å²) in [5.41, 5.74) is 0. The number of hydrogen-bond acceptors (Lipinski definition) is 2. The molecule has 0 fully saturated rings. The second-order valence-electron chi connectivity index (χ2n) is 3.20. The fourth-order valence-corrected chi connectivity index (χ4v) is 0.992. The molecule has 0 aromatic heterocycles. The lowest BCUT2D eigenvalue weighted by atomic mass is 10.1. The molecule has 1 amide bonds. The first-order chi connectivity index (χ1) is 5.50. The Morgan fingerprint density at radius 3 is 2.50 bits per heavy atom. The number of nitrogens with zero attached hydrogens (tertiary/aromatic N) is 1. The Hall–Kier alpha value is -0.440. The number of thiol groups is 1. The van der Waals surface area contributed by atoms with Gasteiger partial charge in [-0.1, -0.05) is 19.9 Å². The Morgan fingerprint density at radius 1 is 1.67 bits per heavy atom. The van der Waals surface area contributed by atoms with Gasteiger partial charge in [0.1, 0.15) is 0 Å². The number of hydrogen-bond donors (Lipinski definition) is 1. The zero-order valence-electron chi connectivity index (χ0n) is 7.95. The number of carbonyl (C=O) groups excluding carboxylic acids is 1. The maximum atomic E-state index is 11.5. The van der Waals surface area contributed by atoms with E-state index < -0.39 is 0 Å². The zero-order valence-corrected chi connectivity index (χ0v) is 8.84. The fourth-order valence-electron chi connectivity index (χ4n) is 0.795. The normalized spacial score (nSPS) is 12.8. The molecule has 0 saturated heterocycles. The van der Waals surface area contributed by atoms with E-state index in [4.69, 9.17) is 0 Å². The molecule has 0 bridgehead atoms. The molecule has 0 saturated carbocycles. The predicted molar refractivity (Wildman–Crippen MR) is 55.4 cm³/mol. The first-order valence-electron chi connectivity index (χ1n) is 4.04. The summed E-state index contributed by atoms with van der Waals surface area (Å²) in [5, 5.41) is -0.199. The minimum Gasteiger partial charge on any atom is -0.341 e. The van der Waals surface area contributed by atoms with Crippen molar-refractivity contribution in [1.29, 1.82) is 0 Å². The van der Waals surface area contributed by atoms with Gasteiger partial charge in [-0.05, 0) is 5.92 Å². The quantitative estimate of drug-likeness (QED) is 0.523. The topological polar surface area (TPSA) is 20.3 Å². The number of likely N-dealkylation sites (N-methyl/N-ethyl adjacent to an activating group) is 1. The van der Waals surface area contributed by atoms with E-state index >= 15 is 0 Å². The Labute approximate surface area is 80.0 Å². The van der Waals surface area contributed by atoms with E-state index in [2.05, 4.69) is 19.2 Å². The van der Waals surface area contributed by atoms with Gasteiger partial charge < -0.3 is 4.90 Å². The van der Waals surface area contributed by atoms with Crippen LogP contribution in [-0.2, 0) is 4.79 Å². The highest BCUT2D eigenvalue weighted by Gasteiger charge is 2.20. The number of carbonyl (C=O) groups is 1. The first kappa shape index (κ1) is 11.6. The Balaban J connectivity index is 4.08. The zero-order chi connectivity index (χ0) is 9.72. The highest BCUT2D eigenvalue weighted by atomic mass is 32.1. The van der Waals surface area contributed by atoms with E-state index in [-0.39, 0.29) is 17.1 Å². The lowest BCUT2D eigenvalue weighted by Crippen LogP contribution is -2.36. The van der Waals surface area contributed by atoms with Crippen molar-refractivity contribution in [2.24, 2.45) is 5.92 Å². The van der Waals surface area contributed by atoms with Crippen molar-refractivity contribution in [3.63, 3.8) is 0 Å². The Morgan fingerprint density at radius 2 is 2.17 bits per heavy atom. The van der Waals surface area contributed by atoms with E-state index in [9.17, 15) is 4.79 Å². The summed E-state index contributed by atoms with van der Waals surface area (Å²) in [7, 11) is 1.76. The summed E-state index contributed by atoms with van der Waals surface area (Å²) in [5.74, 6) is 0.335. The average Bonchev–Trinajstić information content (AvgIpc) is 2.02. The summed E-state index contributed by atoms with van der Waals surface area (Å²) in [4.78, 5) is 13.1.